The van der Waals surface area contributed by atoms with Crippen LogP contribution in [0.25, 0.3) is 0 Å². The molecule has 0 aliphatic carbocycles. The number of anilines is 1. The van der Waals surface area contributed by atoms with Gasteiger partial charge < -0.3 is 0 Å². The summed E-state index contributed by atoms with van der Waals surface area (Å²) in [6.45, 7) is 0. The van der Waals surface area contributed by atoms with Gasteiger partial charge in [-0.25, -0.2) is 0 Å². The highest BCUT2D eigenvalue weighted by Gasteiger charge is 2.32. The summed E-state index contributed by atoms with van der Waals surface area (Å²) in [7, 11) is 0. The van der Waals surface area contributed by atoms with Gasteiger partial charge in [0.05, 0.1) is 5.56 Å². The fourth-order valence-electron chi connectivity index (χ4n) is 0.696. The van der Waals surface area contributed by atoms with Crippen LogP contribution in [0.4, 0.5) is 19.0 Å². The van der Waals surface area contributed by atoms with E-state index < -0.39 is 11.7 Å². The molecule has 0 amide bonds. The van der Waals surface area contributed by atoms with Gasteiger partial charge in [0.15, 0.2) is 0 Å². The maximum Gasteiger partial charge on any atom is 0.419 e. The Labute approximate surface area is 66.4 Å². The lowest BCUT2D eigenvalue weighted by molar-refractivity contribution is -0.624. The molecule has 0 fully saturated rings. The van der Waals surface area contributed by atoms with Gasteiger partial charge in [-0.1, -0.05) is 0 Å². The maximum absolute atomic E-state index is 12.0. The Morgan fingerprint density at radius 3 is 2.25 bits per heavy atom. The lowest BCUT2D eigenvalue weighted by Crippen LogP contribution is -2.47. The van der Waals surface area contributed by atoms with E-state index in [9.17, 15) is 13.2 Å². The van der Waals surface area contributed by atoms with Gasteiger partial charge in [0, 0.05) is 6.07 Å². The molecule has 0 aromatic carbocycles. The Balaban J connectivity index is 3.14. The van der Waals surface area contributed by atoms with E-state index in [1.165, 1.54) is 0 Å². The monoisotopic (exact) mass is 178 g/mol. The second kappa shape index (κ2) is 2.54. The number of nitrogens with zero attached hydrogens (tertiary/aromatic N) is 1. The van der Waals surface area contributed by atoms with E-state index in [0.29, 0.717) is 0 Å². The summed E-state index contributed by atoms with van der Waals surface area (Å²) in [4.78, 5) is 0. The third-order valence-corrected chi connectivity index (χ3v) is 1.34. The SMILES string of the molecule is Nc1ccc(C(F)(F)F)c[n+]1N. The molecule has 0 aliphatic rings. The Morgan fingerprint density at radius 1 is 1.25 bits per heavy atom. The zero-order valence-electron chi connectivity index (χ0n) is 5.97. The second-order valence-corrected chi connectivity index (χ2v) is 2.25. The molecule has 6 heteroatoms. The average molecular weight is 178 g/mol. The average Bonchev–Trinajstić information content (AvgIpc) is 1.92. The predicted molar refractivity (Wildman–Crippen MR) is 36.2 cm³/mol. The van der Waals surface area contributed by atoms with Gasteiger partial charge in [-0.2, -0.15) is 13.2 Å². The normalized spacial score (nSPS) is 11.6. The first-order valence-corrected chi connectivity index (χ1v) is 3.04. The summed E-state index contributed by atoms with van der Waals surface area (Å²) in [6, 6.07) is 1.97. The van der Waals surface area contributed by atoms with Crippen molar-refractivity contribution in [3.8, 4) is 0 Å². The molecule has 1 aromatic rings. The van der Waals surface area contributed by atoms with Gasteiger partial charge in [-0.15, -0.1) is 4.68 Å². The smallest absolute Gasteiger partial charge is 0.285 e. The molecule has 66 valence electrons. The molecule has 0 aliphatic heterocycles. The molecule has 0 saturated carbocycles. The van der Waals surface area contributed by atoms with Crippen molar-refractivity contribution in [3.05, 3.63) is 23.9 Å². The number of hydrogen-bond acceptors (Lipinski definition) is 2. The fourth-order valence-corrected chi connectivity index (χ4v) is 0.696. The first-order valence-electron chi connectivity index (χ1n) is 3.04. The first-order chi connectivity index (χ1) is 5.41. The molecule has 0 bridgehead atoms. The number of pyridine rings is 1. The molecular weight excluding hydrogens is 171 g/mol. The van der Waals surface area contributed by atoms with E-state index in [-0.39, 0.29) is 5.82 Å². The first kappa shape index (κ1) is 8.63. The topological polar surface area (TPSA) is 55.9 Å². The van der Waals surface area contributed by atoms with Crippen molar-refractivity contribution in [2.24, 2.45) is 0 Å². The Bertz CT molecular complexity index is 295. The minimum atomic E-state index is -4.38. The number of nitrogens with two attached hydrogens (primary N) is 2. The highest BCUT2D eigenvalue weighted by Crippen LogP contribution is 2.27. The van der Waals surface area contributed by atoms with Crippen molar-refractivity contribution in [2.45, 2.75) is 6.18 Å². The molecule has 0 spiro atoms. The Hall–Kier alpha value is -1.46. The van der Waals surface area contributed by atoms with Crippen LogP contribution in [-0.2, 0) is 6.18 Å². The third kappa shape index (κ3) is 1.58. The molecule has 1 heterocycles. The minimum Gasteiger partial charge on any atom is -0.285 e. The number of aromatic nitrogens is 1. The van der Waals surface area contributed by atoms with Crippen molar-refractivity contribution < 1.29 is 17.8 Å². The molecule has 12 heavy (non-hydrogen) atoms. The van der Waals surface area contributed by atoms with Gasteiger partial charge >= 0.3 is 6.18 Å². The van der Waals surface area contributed by atoms with Gasteiger partial charge in [-0.3, -0.25) is 11.6 Å². The quantitative estimate of drug-likeness (QED) is 0.443. The summed E-state index contributed by atoms with van der Waals surface area (Å²) >= 11 is 0. The number of halogens is 3. The number of alkyl halides is 3. The van der Waals surface area contributed by atoms with Crippen LogP contribution in [-0.4, -0.2) is 0 Å². The molecule has 0 atom stereocenters. The minimum absolute atomic E-state index is 0.0722. The van der Waals surface area contributed by atoms with Crippen LogP contribution >= 0.6 is 0 Å². The van der Waals surface area contributed by atoms with Crippen molar-refractivity contribution in [1.82, 2.24) is 0 Å². The lowest BCUT2D eigenvalue weighted by atomic mass is 10.3. The van der Waals surface area contributed by atoms with E-state index in [0.717, 1.165) is 23.0 Å². The summed E-state index contributed by atoms with van der Waals surface area (Å²) in [6.07, 6.45) is -3.65. The van der Waals surface area contributed by atoms with Crippen LogP contribution in [0, 0.1) is 0 Å². The fraction of sp³-hybridized carbons (Fsp3) is 0.167. The Kier molecular flexibility index (Phi) is 1.83. The molecule has 0 radical (unpaired) electrons. The molecule has 0 saturated heterocycles. The van der Waals surface area contributed by atoms with E-state index in [2.05, 4.69) is 0 Å². The zero-order chi connectivity index (χ0) is 9.35. The molecule has 3 nitrogen and oxygen atoms in total. The van der Waals surface area contributed by atoms with Gasteiger partial charge in [-0.05, 0) is 6.07 Å². The van der Waals surface area contributed by atoms with E-state index in [1.54, 1.807) is 0 Å². The van der Waals surface area contributed by atoms with Gasteiger partial charge in [0.2, 0.25) is 0 Å². The standard InChI is InChI=1S/C6H6F3N3/c7-6(8,9)4-1-2-5(10)12(11)3-4/h1-3,10H,11H2/p+1. The van der Waals surface area contributed by atoms with Crippen LogP contribution in [0.2, 0.25) is 0 Å². The van der Waals surface area contributed by atoms with Crippen molar-refractivity contribution in [2.75, 3.05) is 11.6 Å². The lowest BCUT2D eigenvalue weighted by Gasteiger charge is -2.05. The zero-order valence-corrected chi connectivity index (χ0v) is 5.97. The third-order valence-electron chi connectivity index (χ3n) is 1.34. The number of nitrogen functional groups attached to an aromatic ring is 2. The van der Waals surface area contributed by atoms with E-state index >= 15 is 0 Å². The molecule has 0 unspecified atom stereocenters. The van der Waals surface area contributed by atoms with Gasteiger partial charge in [0.1, 0.15) is 6.20 Å². The number of hydrogen-bond donors (Lipinski definition) is 2. The van der Waals surface area contributed by atoms with Crippen LogP contribution in [0.15, 0.2) is 18.3 Å². The van der Waals surface area contributed by atoms with Gasteiger partial charge in [0.25, 0.3) is 5.82 Å². The Morgan fingerprint density at radius 2 is 1.83 bits per heavy atom. The van der Waals surface area contributed by atoms with Crippen LogP contribution < -0.4 is 16.3 Å². The molecule has 1 rings (SSSR count). The summed E-state index contributed by atoms with van der Waals surface area (Å²) in [5.74, 6) is 5.18. The van der Waals surface area contributed by atoms with Crippen LogP contribution in [0.5, 0.6) is 0 Å². The van der Waals surface area contributed by atoms with Crippen molar-refractivity contribution in [3.63, 3.8) is 0 Å². The molecule has 1 aromatic heterocycles. The molecule has 4 N–H and O–H groups in total. The largest absolute Gasteiger partial charge is 0.419 e. The summed E-state index contributed by atoms with van der Waals surface area (Å²) in [5, 5.41) is 0. The maximum atomic E-state index is 12.0. The van der Waals surface area contributed by atoms with Crippen LogP contribution in [0.3, 0.4) is 0 Å². The predicted octanol–water partition coefficient (Wildman–Crippen LogP) is 0.289. The van der Waals surface area contributed by atoms with E-state index in [1.807, 2.05) is 0 Å². The second-order valence-electron chi connectivity index (χ2n) is 2.25. The van der Waals surface area contributed by atoms with Crippen molar-refractivity contribution >= 4 is 5.82 Å². The summed E-state index contributed by atoms with van der Waals surface area (Å²) in [5.41, 5.74) is 4.38. The molecular formula is C6H7F3N3+. The van der Waals surface area contributed by atoms with Crippen molar-refractivity contribution in [1.29, 1.82) is 0 Å². The number of rotatable bonds is 0. The van der Waals surface area contributed by atoms with Crippen LogP contribution in [0.1, 0.15) is 5.56 Å². The van der Waals surface area contributed by atoms with E-state index in [4.69, 9.17) is 11.6 Å². The highest BCUT2D eigenvalue weighted by molar-refractivity contribution is 5.24. The summed E-state index contributed by atoms with van der Waals surface area (Å²) < 4.78 is 36.7. The highest BCUT2D eigenvalue weighted by atomic mass is 19.4.